The molecule has 1 aliphatic rings. The van der Waals surface area contributed by atoms with Crippen LogP contribution in [0.2, 0.25) is 0 Å². The first-order valence-electron chi connectivity index (χ1n) is 4.38. The Hall–Kier alpha value is -0.670. The number of thioether (sulfide) groups is 1. The summed E-state index contributed by atoms with van der Waals surface area (Å²) in [5.74, 6) is 0.403. The third kappa shape index (κ3) is 1.32. The number of phenols is 1. The van der Waals surface area contributed by atoms with Crippen molar-refractivity contribution < 1.29 is 5.11 Å². The average Bonchev–Trinajstić information content (AvgIpc) is 2.51. The number of rotatable bonds is 1. The highest BCUT2D eigenvalue weighted by Crippen LogP contribution is 2.40. The lowest BCUT2D eigenvalue weighted by Crippen LogP contribution is -2.06. The van der Waals surface area contributed by atoms with Crippen LogP contribution >= 0.6 is 11.8 Å². The van der Waals surface area contributed by atoms with Crippen molar-refractivity contribution in [1.29, 1.82) is 0 Å². The third-order valence-electron chi connectivity index (χ3n) is 2.59. The molecular weight excluding hydrogens is 182 g/mol. The standard InChI is InChI=1S/C10H13NOS/c1-13-9-5-4-8(12)6-2-3-7(11)10(6)9/h4-5,7,12H,2-3,11H2,1H3/t7-/m1/s1. The van der Waals surface area contributed by atoms with Crippen molar-refractivity contribution in [3.63, 3.8) is 0 Å². The van der Waals surface area contributed by atoms with Crippen molar-refractivity contribution in [2.75, 3.05) is 6.26 Å². The quantitative estimate of drug-likeness (QED) is 0.674. The number of fused-ring (bicyclic) bond motifs is 1. The zero-order chi connectivity index (χ0) is 9.42. The van der Waals surface area contributed by atoms with Gasteiger partial charge in [0.2, 0.25) is 0 Å². The fourth-order valence-corrected chi connectivity index (χ4v) is 2.62. The first-order chi connectivity index (χ1) is 6.24. The molecule has 0 aliphatic heterocycles. The number of aromatic hydroxyl groups is 1. The van der Waals surface area contributed by atoms with Crippen molar-refractivity contribution in [3.8, 4) is 5.75 Å². The predicted octanol–water partition coefficient (Wildman–Crippen LogP) is 2.06. The summed E-state index contributed by atoms with van der Waals surface area (Å²) in [5.41, 5.74) is 8.18. The minimum atomic E-state index is 0.115. The lowest BCUT2D eigenvalue weighted by Gasteiger charge is -2.10. The van der Waals surface area contributed by atoms with Gasteiger partial charge in [-0.05, 0) is 42.4 Å². The lowest BCUT2D eigenvalue weighted by atomic mass is 10.1. The van der Waals surface area contributed by atoms with Crippen molar-refractivity contribution in [3.05, 3.63) is 23.3 Å². The Morgan fingerprint density at radius 2 is 2.31 bits per heavy atom. The Bertz CT molecular complexity index is 338. The summed E-state index contributed by atoms with van der Waals surface area (Å²) in [6.07, 6.45) is 3.91. The molecule has 0 fully saturated rings. The van der Waals surface area contributed by atoms with Gasteiger partial charge in [0.1, 0.15) is 5.75 Å². The second-order valence-electron chi connectivity index (χ2n) is 3.32. The number of nitrogens with two attached hydrogens (primary N) is 1. The van der Waals surface area contributed by atoms with Crippen LogP contribution in [-0.4, -0.2) is 11.4 Å². The van der Waals surface area contributed by atoms with Gasteiger partial charge in [-0.1, -0.05) is 0 Å². The molecule has 0 spiro atoms. The molecule has 0 amide bonds. The second kappa shape index (κ2) is 3.24. The molecule has 70 valence electrons. The zero-order valence-corrected chi connectivity index (χ0v) is 8.40. The molecule has 2 rings (SSSR count). The van der Waals surface area contributed by atoms with E-state index in [1.165, 1.54) is 4.90 Å². The number of hydrogen-bond donors (Lipinski definition) is 2. The van der Waals surface area contributed by atoms with Crippen molar-refractivity contribution in [2.45, 2.75) is 23.8 Å². The highest BCUT2D eigenvalue weighted by molar-refractivity contribution is 7.98. The largest absolute Gasteiger partial charge is 0.508 e. The fraction of sp³-hybridized carbons (Fsp3) is 0.400. The highest BCUT2D eigenvalue weighted by Gasteiger charge is 2.24. The summed E-state index contributed by atoms with van der Waals surface area (Å²) in [7, 11) is 0. The summed E-state index contributed by atoms with van der Waals surface area (Å²) < 4.78 is 0. The Kier molecular flexibility index (Phi) is 2.22. The Morgan fingerprint density at radius 3 is 3.00 bits per heavy atom. The first-order valence-corrected chi connectivity index (χ1v) is 5.61. The molecule has 0 unspecified atom stereocenters. The van der Waals surface area contributed by atoms with Gasteiger partial charge in [-0.25, -0.2) is 0 Å². The van der Waals surface area contributed by atoms with E-state index in [0.29, 0.717) is 5.75 Å². The minimum Gasteiger partial charge on any atom is -0.508 e. The van der Waals surface area contributed by atoms with Crippen LogP contribution in [0, 0.1) is 0 Å². The van der Waals surface area contributed by atoms with Gasteiger partial charge in [-0.15, -0.1) is 11.8 Å². The van der Waals surface area contributed by atoms with E-state index >= 15 is 0 Å². The molecule has 3 heteroatoms. The average molecular weight is 195 g/mol. The van der Waals surface area contributed by atoms with E-state index in [4.69, 9.17) is 5.73 Å². The molecule has 1 aliphatic carbocycles. The van der Waals surface area contributed by atoms with Gasteiger partial charge in [0.25, 0.3) is 0 Å². The maximum Gasteiger partial charge on any atom is 0.119 e. The van der Waals surface area contributed by atoms with E-state index < -0.39 is 0 Å². The van der Waals surface area contributed by atoms with Crippen LogP contribution in [0.25, 0.3) is 0 Å². The Labute approximate surface area is 82.1 Å². The predicted molar refractivity (Wildman–Crippen MR) is 55.1 cm³/mol. The molecule has 0 aromatic heterocycles. The van der Waals surface area contributed by atoms with E-state index in [0.717, 1.165) is 24.0 Å². The molecule has 1 atom stereocenters. The maximum atomic E-state index is 9.60. The van der Waals surface area contributed by atoms with Crippen LogP contribution in [0.5, 0.6) is 5.75 Å². The smallest absolute Gasteiger partial charge is 0.119 e. The molecule has 0 saturated carbocycles. The molecule has 1 aromatic carbocycles. The normalized spacial score (nSPS) is 20.3. The van der Waals surface area contributed by atoms with Crippen LogP contribution < -0.4 is 5.73 Å². The van der Waals surface area contributed by atoms with Crippen LogP contribution in [0.4, 0.5) is 0 Å². The van der Waals surface area contributed by atoms with Crippen molar-refractivity contribution >= 4 is 11.8 Å². The van der Waals surface area contributed by atoms with Gasteiger partial charge in [0, 0.05) is 10.9 Å². The first kappa shape index (κ1) is 8.91. The Balaban J connectivity index is 2.60. The second-order valence-corrected chi connectivity index (χ2v) is 4.17. The molecule has 1 aromatic rings. The topological polar surface area (TPSA) is 46.2 Å². The molecule has 0 saturated heterocycles. The van der Waals surface area contributed by atoms with Gasteiger partial charge in [0.15, 0.2) is 0 Å². The molecule has 0 heterocycles. The van der Waals surface area contributed by atoms with Crippen LogP contribution in [0.1, 0.15) is 23.6 Å². The summed E-state index contributed by atoms with van der Waals surface area (Å²) in [6, 6.07) is 3.83. The van der Waals surface area contributed by atoms with Crippen molar-refractivity contribution in [1.82, 2.24) is 0 Å². The summed E-state index contributed by atoms with van der Waals surface area (Å²) in [6.45, 7) is 0. The van der Waals surface area contributed by atoms with Gasteiger partial charge < -0.3 is 10.8 Å². The minimum absolute atomic E-state index is 0.115. The maximum absolute atomic E-state index is 9.60. The molecule has 0 bridgehead atoms. The molecule has 2 nitrogen and oxygen atoms in total. The number of hydrogen-bond acceptors (Lipinski definition) is 3. The summed E-state index contributed by atoms with van der Waals surface area (Å²) in [4.78, 5) is 1.21. The fourth-order valence-electron chi connectivity index (χ4n) is 1.92. The Morgan fingerprint density at radius 1 is 1.54 bits per heavy atom. The monoisotopic (exact) mass is 195 g/mol. The van der Waals surface area contributed by atoms with E-state index in [1.807, 2.05) is 12.3 Å². The van der Waals surface area contributed by atoms with Gasteiger partial charge in [-0.3, -0.25) is 0 Å². The van der Waals surface area contributed by atoms with Crippen LogP contribution in [0.3, 0.4) is 0 Å². The summed E-state index contributed by atoms with van der Waals surface area (Å²) in [5, 5.41) is 9.60. The van der Waals surface area contributed by atoms with Gasteiger partial charge in [-0.2, -0.15) is 0 Å². The van der Waals surface area contributed by atoms with Crippen LogP contribution in [-0.2, 0) is 6.42 Å². The molecular formula is C10H13NOS. The van der Waals surface area contributed by atoms with E-state index in [1.54, 1.807) is 17.8 Å². The molecule has 13 heavy (non-hydrogen) atoms. The van der Waals surface area contributed by atoms with E-state index in [-0.39, 0.29) is 6.04 Å². The lowest BCUT2D eigenvalue weighted by molar-refractivity contribution is 0.468. The van der Waals surface area contributed by atoms with Crippen LogP contribution in [0.15, 0.2) is 17.0 Å². The zero-order valence-electron chi connectivity index (χ0n) is 7.58. The highest BCUT2D eigenvalue weighted by atomic mass is 32.2. The van der Waals surface area contributed by atoms with Gasteiger partial charge >= 0.3 is 0 Å². The SMILES string of the molecule is CSc1ccc(O)c2c1[C@H](N)CC2. The molecule has 3 N–H and O–H groups in total. The van der Waals surface area contributed by atoms with E-state index in [9.17, 15) is 5.11 Å². The summed E-state index contributed by atoms with van der Waals surface area (Å²) >= 11 is 1.70. The molecule has 0 radical (unpaired) electrons. The van der Waals surface area contributed by atoms with Crippen molar-refractivity contribution in [2.24, 2.45) is 5.73 Å². The number of benzene rings is 1. The van der Waals surface area contributed by atoms with Gasteiger partial charge in [0.05, 0.1) is 0 Å². The number of phenolic OH excluding ortho intramolecular Hbond substituents is 1. The third-order valence-corrected chi connectivity index (χ3v) is 3.38. The van der Waals surface area contributed by atoms with E-state index in [2.05, 4.69) is 0 Å².